The highest BCUT2D eigenvalue weighted by Gasteiger charge is 1.99. The molecule has 2 heteroatoms. The van der Waals surface area contributed by atoms with E-state index in [-0.39, 0.29) is 5.75 Å². The van der Waals surface area contributed by atoms with Crippen LogP contribution in [0.4, 0.5) is 0 Å². The molecule has 64 valence electrons. The van der Waals surface area contributed by atoms with Crippen LogP contribution >= 0.6 is 0 Å². The molecule has 0 atom stereocenters. The maximum absolute atomic E-state index is 9.13. The number of phenolic OH excluding ortho intramolecular Hbond substituents is 1. The number of phenols is 1. The predicted octanol–water partition coefficient (Wildman–Crippen LogP) is 2.43. The molecule has 1 aromatic carbocycles. The monoisotopic (exact) mass is 164 g/mol. The maximum Gasteiger partial charge on any atom is 0.129 e. The van der Waals surface area contributed by atoms with Crippen molar-refractivity contribution in [3.8, 4) is 11.5 Å². The van der Waals surface area contributed by atoms with Crippen molar-refractivity contribution < 1.29 is 9.84 Å². The van der Waals surface area contributed by atoms with Crippen LogP contribution in [-0.4, -0.2) is 12.2 Å². The number of ether oxygens (including phenoxy) is 1. The summed E-state index contributed by atoms with van der Waals surface area (Å²) in [7, 11) is 1.59. The molecule has 0 bridgehead atoms. The molecule has 1 aromatic rings. The van der Waals surface area contributed by atoms with Crippen LogP contribution in [0.3, 0.4) is 0 Å². The third kappa shape index (κ3) is 1.78. The van der Waals surface area contributed by atoms with Gasteiger partial charge < -0.3 is 9.84 Å². The van der Waals surface area contributed by atoms with E-state index in [1.165, 1.54) is 0 Å². The van der Waals surface area contributed by atoms with Gasteiger partial charge in [0.05, 0.1) is 7.11 Å². The van der Waals surface area contributed by atoms with Crippen LogP contribution in [0.1, 0.15) is 12.5 Å². The van der Waals surface area contributed by atoms with Crippen LogP contribution in [0.15, 0.2) is 24.3 Å². The van der Waals surface area contributed by atoms with Gasteiger partial charge in [0, 0.05) is 11.6 Å². The second-order valence-corrected chi connectivity index (χ2v) is 2.43. The number of hydrogen-bond acceptors (Lipinski definition) is 2. The fourth-order valence-electron chi connectivity index (χ4n) is 1.02. The standard InChI is InChI=1S/C10H12O2/c1-3-4-8-5-6-9(11)7-10(8)12-2/h3-7,11H,1-2H3/b4-3+. The van der Waals surface area contributed by atoms with Gasteiger partial charge in [-0.3, -0.25) is 0 Å². The molecule has 0 aliphatic rings. The summed E-state index contributed by atoms with van der Waals surface area (Å²) in [5.41, 5.74) is 0.970. The predicted molar refractivity (Wildman–Crippen MR) is 49.4 cm³/mol. The zero-order chi connectivity index (χ0) is 8.97. The van der Waals surface area contributed by atoms with Crippen LogP contribution in [0.25, 0.3) is 6.08 Å². The van der Waals surface area contributed by atoms with E-state index in [0.29, 0.717) is 5.75 Å². The van der Waals surface area contributed by atoms with Gasteiger partial charge >= 0.3 is 0 Å². The minimum Gasteiger partial charge on any atom is -0.508 e. The van der Waals surface area contributed by atoms with Gasteiger partial charge in [-0.05, 0) is 19.1 Å². The fourth-order valence-corrected chi connectivity index (χ4v) is 1.02. The molecule has 0 saturated heterocycles. The summed E-state index contributed by atoms with van der Waals surface area (Å²) < 4.78 is 5.07. The number of rotatable bonds is 2. The third-order valence-electron chi connectivity index (χ3n) is 1.56. The number of aromatic hydroxyl groups is 1. The molecule has 1 rings (SSSR count). The van der Waals surface area contributed by atoms with Crippen molar-refractivity contribution in [2.45, 2.75) is 6.92 Å². The van der Waals surface area contributed by atoms with Crippen molar-refractivity contribution in [2.24, 2.45) is 0 Å². The molecule has 0 radical (unpaired) electrons. The van der Waals surface area contributed by atoms with Gasteiger partial charge in [-0.25, -0.2) is 0 Å². The van der Waals surface area contributed by atoms with E-state index >= 15 is 0 Å². The molecule has 0 aromatic heterocycles. The van der Waals surface area contributed by atoms with Crippen LogP contribution in [-0.2, 0) is 0 Å². The maximum atomic E-state index is 9.13. The highest BCUT2D eigenvalue weighted by Crippen LogP contribution is 2.24. The highest BCUT2D eigenvalue weighted by molar-refractivity contribution is 5.58. The quantitative estimate of drug-likeness (QED) is 0.727. The van der Waals surface area contributed by atoms with E-state index in [0.717, 1.165) is 5.56 Å². The molecule has 0 saturated carbocycles. The lowest BCUT2D eigenvalue weighted by Gasteiger charge is -2.04. The Balaban J connectivity index is 3.10. The molecule has 0 spiro atoms. The molecule has 12 heavy (non-hydrogen) atoms. The molecular weight excluding hydrogens is 152 g/mol. The Labute approximate surface area is 72.1 Å². The summed E-state index contributed by atoms with van der Waals surface area (Å²) >= 11 is 0. The lowest BCUT2D eigenvalue weighted by Crippen LogP contribution is -1.85. The van der Waals surface area contributed by atoms with Gasteiger partial charge in [-0.2, -0.15) is 0 Å². The summed E-state index contributed by atoms with van der Waals surface area (Å²) in [6.07, 6.45) is 3.85. The highest BCUT2D eigenvalue weighted by atomic mass is 16.5. The van der Waals surface area contributed by atoms with Crippen LogP contribution in [0.2, 0.25) is 0 Å². The van der Waals surface area contributed by atoms with Gasteiger partial charge in [0.15, 0.2) is 0 Å². The van der Waals surface area contributed by atoms with Gasteiger partial charge in [0.25, 0.3) is 0 Å². The smallest absolute Gasteiger partial charge is 0.129 e. The van der Waals surface area contributed by atoms with Crippen molar-refractivity contribution in [2.75, 3.05) is 7.11 Å². The Kier molecular flexibility index (Phi) is 2.75. The van der Waals surface area contributed by atoms with Crippen LogP contribution in [0.5, 0.6) is 11.5 Å². The minimum absolute atomic E-state index is 0.222. The average molecular weight is 164 g/mol. The summed E-state index contributed by atoms with van der Waals surface area (Å²) in [6, 6.07) is 5.04. The lowest BCUT2D eigenvalue weighted by molar-refractivity contribution is 0.407. The van der Waals surface area contributed by atoms with Crippen molar-refractivity contribution in [3.63, 3.8) is 0 Å². The Morgan fingerprint density at radius 3 is 2.75 bits per heavy atom. The van der Waals surface area contributed by atoms with Crippen molar-refractivity contribution in [1.82, 2.24) is 0 Å². The van der Waals surface area contributed by atoms with Gasteiger partial charge in [0.2, 0.25) is 0 Å². The second kappa shape index (κ2) is 3.81. The molecule has 0 fully saturated rings. The van der Waals surface area contributed by atoms with Gasteiger partial charge in [-0.1, -0.05) is 12.2 Å². The Hall–Kier alpha value is -1.44. The molecule has 0 amide bonds. The second-order valence-electron chi connectivity index (χ2n) is 2.43. The van der Waals surface area contributed by atoms with E-state index in [4.69, 9.17) is 9.84 Å². The normalized spacial score (nSPS) is 10.5. The zero-order valence-corrected chi connectivity index (χ0v) is 7.24. The lowest BCUT2D eigenvalue weighted by atomic mass is 10.2. The molecule has 0 aliphatic heterocycles. The van der Waals surface area contributed by atoms with Crippen molar-refractivity contribution in [3.05, 3.63) is 29.8 Å². The average Bonchev–Trinajstić information content (AvgIpc) is 2.08. The summed E-state index contributed by atoms with van der Waals surface area (Å²) in [5, 5.41) is 9.13. The fraction of sp³-hybridized carbons (Fsp3) is 0.200. The number of allylic oxidation sites excluding steroid dienone is 1. The minimum atomic E-state index is 0.222. The topological polar surface area (TPSA) is 29.5 Å². The van der Waals surface area contributed by atoms with E-state index in [1.54, 1.807) is 19.2 Å². The molecular formula is C10H12O2. The zero-order valence-electron chi connectivity index (χ0n) is 7.24. The Bertz CT molecular complexity index is 290. The molecule has 0 heterocycles. The van der Waals surface area contributed by atoms with E-state index < -0.39 is 0 Å². The summed E-state index contributed by atoms with van der Waals surface area (Å²) in [6.45, 7) is 1.94. The van der Waals surface area contributed by atoms with Crippen LogP contribution in [0, 0.1) is 0 Å². The number of methoxy groups -OCH3 is 1. The largest absolute Gasteiger partial charge is 0.508 e. The molecule has 1 N–H and O–H groups in total. The molecule has 2 nitrogen and oxygen atoms in total. The number of hydrogen-bond donors (Lipinski definition) is 1. The van der Waals surface area contributed by atoms with Crippen molar-refractivity contribution in [1.29, 1.82) is 0 Å². The molecule has 0 aliphatic carbocycles. The van der Waals surface area contributed by atoms with E-state index in [1.807, 2.05) is 25.1 Å². The Morgan fingerprint density at radius 1 is 1.42 bits per heavy atom. The van der Waals surface area contributed by atoms with E-state index in [2.05, 4.69) is 0 Å². The third-order valence-corrected chi connectivity index (χ3v) is 1.56. The first-order valence-electron chi connectivity index (χ1n) is 3.77. The molecule has 0 unspecified atom stereocenters. The van der Waals surface area contributed by atoms with Crippen LogP contribution < -0.4 is 4.74 Å². The van der Waals surface area contributed by atoms with E-state index in [9.17, 15) is 0 Å². The SMILES string of the molecule is C/C=C/c1ccc(O)cc1OC. The summed E-state index contributed by atoms with van der Waals surface area (Å²) in [4.78, 5) is 0. The first kappa shape index (κ1) is 8.65. The first-order valence-corrected chi connectivity index (χ1v) is 3.77. The van der Waals surface area contributed by atoms with Gasteiger partial charge in [0.1, 0.15) is 11.5 Å². The number of benzene rings is 1. The van der Waals surface area contributed by atoms with Crippen molar-refractivity contribution >= 4 is 6.08 Å². The van der Waals surface area contributed by atoms with Gasteiger partial charge in [-0.15, -0.1) is 0 Å². The Morgan fingerprint density at radius 2 is 2.17 bits per heavy atom. The first-order chi connectivity index (χ1) is 5.77. The summed E-state index contributed by atoms with van der Waals surface area (Å²) in [5.74, 6) is 0.910.